The van der Waals surface area contributed by atoms with Crippen LogP contribution in [0.4, 0.5) is 0 Å². The Bertz CT molecular complexity index is 760. The summed E-state index contributed by atoms with van der Waals surface area (Å²) in [5.41, 5.74) is 0.623. The van der Waals surface area contributed by atoms with E-state index in [1.807, 2.05) is 42.5 Å². The molecule has 1 N–H and O–H groups in total. The van der Waals surface area contributed by atoms with E-state index in [0.717, 1.165) is 10.8 Å². The maximum Gasteiger partial charge on any atom is 0.349 e. The Morgan fingerprint density at radius 3 is 2.29 bits per heavy atom. The fraction of sp³-hybridized carbons (Fsp3) is 0.0556. The molecule has 3 heteroatoms. The molecule has 0 heterocycles. The van der Waals surface area contributed by atoms with E-state index >= 15 is 0 Å². The van der Waals surface area contributed by atoms with Gasteiger partial charge in [0.1, 0.15) is 5.75 Å². The predicted octanol–water partition coefficient (Wildman–Crippen LogP) is 4.04. The lowest BCUT2D eigenvalue weighted by molar-refractivity contribution is -0.145. The first-order valence-corrected chi connectivity index (χ1v) is 6.68. The van der Waals surface area contributed by atoms with Crippen LogP contribution < -0.4 is 4.74 Å². The van der Waals surface area contributed by atoms with Crippen LogP contribution in [0.25, 0.3) is 10.8 Å². The summed E-state index contributed by atoms with van der Waals surface area (Å²) in [6.45, 7) is 0. The number of aliphatic carboxylic acids is 1. The van der Waals surface area contributed by atoms with Gasteiger partial charge in [-0.2, -0.15) is 0 Å². The molecular weight excluding hydrogens is 264 g/mol. The third kappa shape index (κ3) is 2.72. The lowest BCUT2D eigenvalue weighted by Crippen LogP contribution is -2.18. The third-order valence-electron chi connectivity index (χ3n) is 3.32. The molecule has 0 saturated carbocycles. The van der Waals surface area contributed by atoms with Gasteiger partial charge in [-0.05, 0) is 11.5 Å². The number of carboxylic acid groups (broad SMARTS) is 1. The minimum atomic E-state index is -1.02. The van der Waals surface area contributed by atoms with Crippen molar-refractivity contribution in [2.75, 3.05) is 0 Å². The summed E-state index contributed by atoms with van der Waals surface area (Å²) in [6.07, 6.45) is -1.02. The number of carboxylic acids is 1. The quantitative estimate of drug-likeness (QED) is 0.783. The monoisotopic (exact) mass is 278 g/mol. The summed E-state index contributed by atoms with van der Waals surface area (Å²) in [6, 6.07) is 22.3. The summed E-state index contributed by atoms with van der Waals surface area (Å²) < 4.78 is 5.78. The number of fused-ring (bicyclic) bond motifs is 1. The van der Waals surface area contributed by atoms with Gasteiger partial charge in [0.15, 0.2) is 0 Å². The van der Waals surface area contributed by atoms with Crippen LogP contribution in [0.15, 0.2) is 72.8 Å². The fourth-order valence-electron chi connectivity index (χ4n) is 2.31. The number of hydrogen-bond acceptors (Lipinski definition) is 2. The van der Waals surface area contributed by atoms with Crippen molar-refractivity contribution in [2.45, 2.75) is 6.10 Å². The molecule has 21 heavy (non-hydrogen) atoms. The van der Waals surface area contributed by atoms with Crippen molar-refractivity contribution in [1.82, 2.24) is 0 Å². The van der Waals surface area contributed by atoms with Crippen molar-refractivity contribution in [2.24, 2.45) is 0 Å². The zero-order valence-electron chi connectivity index (χ0n) is 11.3. The molecule has 3 aromatic rings. The fourth-order valence-corrected chi connectivity index (χ4v) is 2.31. The van der Waals surface area contributed by atoms with Gasteiger partial charge in [0.2, 0.25) is 6.10 Å². The van der Waals surface area contributed by atoms with Crippen LogP contribution in [0, 0.1) is 0 Å². The Morgan fingerprint density at radius 2 is 1.52 bits per heavy atom. The molecule has 3 rings (SSSR count). The molecule has 3 aromatic carbocycles. The van der Waals surface area contributed by atoms with Gasteiger partial charge in [-0.3, -0.25) is 0 Å². The Morgan fingerprint density at radius 1 is 0.857 bits per heavy atom. The highest BCUT2D eigenvalue weighted by molar-refractivity contribution is 5.88. The van der Waals surface area contributed by atoms with Crippen molar-refractivity contribution in [3.63, 3.8) is 0 Å². The first-order chi connectivity index (χ1) is 10.3. The van der Waals surface area contributed by atoms with Crippen molar-refractivity contribution in [3.8, 4) is 5.75 Å². The zero-order chi connectivity index (χ0) is 14.7. The van der Waals surface area contributed by atoms with E-state index < -0.39 is 12.1 Å². The van der Waals surface area contributed by atoms with Gasteiger partial charge < -0.3 is 9.84 Å². The average Bonchev–Trinajstić information content (AvgIpc) is 2.53. The molecule has 3 nitrogen and oxygen atoms in total. The summed E-state index contributed by atoms with van der Waals surface area (Å²) >= 11 is 0. The molecule has 0 aromatic heterocycles. The molecular formula is C18H14O3. The van der Waals surface area contributed by atoms with E-state index in [2.05, 4.69) is 0 Å². The highest BCUT2D eigenvalue weighted by Crippen LogP contribution is 2.29. The van der Waals surface area contributed by atoms with Crippen LogP contribution >= 0.6 is 0 Å². The van der Waals surface area contributed by atoms with Crippen LogP contribution in [-0.2, 0) is 4.79 Å². The Balaban J connectivity index is 2.01. The standard InChI is InChI=1S/C18H14O3/c19-18(20)17(14-8-2-1-3-9-14)21-16-12-6-10-13-7-4-5-11-15(13)16/h1-12,17H,(H,19,20)/t17-/m1/s1. The van der Waals surface area contributed by atoms with Gasteiger partial charge in [0.05, 0.1) is 0 Å². The number of hydrogen-bond donors (Lipinski definition) is 1. The summed E-state index contributed by atoms with van der Waals surface area (Å²) in [4.78, 5) is 11.5. The van der Waals surface area contributed by atoms with Crippen molar-refractivity contribution in [1.29, 1.82) is 0 Å². The number of benzene rings is 3. The van der Waals surface area contributed by atoms with Gasteiger partial charge in [0.25, 0.3) is 0 Å². The summed E-state index contributed by atoms with van der Waals surface area (Å²) in [5.74, 6) is -0.432. The zero-order valence-corrected chi connectivity index (χ0v) is 11.3. The second kappa shape index (κ2) is 5.67. The van der Waals surface area contributed by atoms with E-state index in [-0.39, 0.29) is 0 Å². The molecule has 0 aliphatic heterocycles. The second-order valence-corrected chi connectivity index (χ2v) is 4.72. The molecule has 0 unspecified atom stereocenters. The van der Waals surface area contributed by atoms with Crippen LogP contribution in [0.2, 0.25) is 0 Å². The Kier molecular flexibility index (Phi) is 3.56. The van der Waals surface area contributed by atoms with Crippen molar-refractivity contribution >= 4 is 16.7 Å². The van der Waals surface area contributed by atoms with Gasteiger partial charge in [0, 0.05) is 10.9 Å². The molecule has 104 valence electrons. The molecule has 0 spiro atoms. The maximum absolute atomic E-state index is 11.5. The molecule has 0 aliphatic carbocycles. The molecule has 0 amide bonds. The topological polar surface area (TPSA) is 46.5 Å². The van der Waals surface area contributed by atoms with Gasteiger partial charge in [-0.1, -0.05) is 66.7 Å². The van der Waals surface area contributed by atoms with Crippen LogP contribution in [0.3, 0.4) is 0 Å². The largest absolute Gasteiger partial charge is 0.478 e. The summed E-state index contributed by atoms with van der Waals surface area (Å²) in [5, 5.41) is 11.4. The first kappa shape index (κ1) is 13.2. The first-order valence-electron chi connectivity index (χ1n) is 6.68. The van der Waals surface area contributed by atoms with Crippen molar-refractivity contribution in [3.05, 3.63) is 78.4 Å². The van der Waals surface area contributed by atoms with E-state index in [9.17, 15) is 9.90 Å². The van der Waals surface area contributed by atoms with Gasteiger partial charge >= 0.3 is 5.97 Å². The SMILES string of the molecule is O=C(O)[C@H](Oc1cccc2ccccc12)c1ccccc1. The van der Waals surface area contributed by atoms with E-state index in [0.29, 0.717) is 11.3 Å². The molecule has 0 radical (unpaired) electrons. The van der Waals surface area contributed by atoms with Crippen molar-refractivity contribution < 1.29 is 14.6 Å². The smallest absolute Gasteiger partial charge is 0.349 e. The third-order valence-corrected chi connectivity index (χ3v) is 3.32. The predicted molar refractivity (Wildman–Crippen MR) is 81.4 cm³/mol. The van der Waals surface area contributed by atoms with Crippen LogP contribution in [0.5, 0.6) is 5.75 Å². The maximum atomic E-state index is 11.5. The number of carbonyl (C=O) groups is 1. The number of rotatable bonds is 4. The normalized spacial score (nSPS) is 12.0. The second-order valence-electron chi connectivity index (χ2n) is 4.72. The van der Waals surface area contributed by atoms with E-state index in [4.69, 9.17) is 4.74 Å². The highest BCUT2D eigenvalue weighted by atomic mass is 16.5. The highest BCUT2D eigenvalue weighted by Gasteiger charge is 2.22. The van der Waals surface area contributed by atoms with Gasteiger partial charge in [-0.25, -0.2) is 4.79 Å². The summed E-state index contributed by atoms with van der Waals surface area (Å²) in [7, 11) is 0. The molecule has 0 saturated heterocycles. The van der Waals surface area contributed by atoms with Crippen LogP contribution in [0.1, 0.15) is 11.7 Å². The van der Waals surface area contributed by atoms with E-state index in [1.165, 1.54) is 0 Å². The lowest BCUT2D eigenvalue weighted by atomic mass is 10.1. The Labute approximate surface area is 122 Å². The average molecular weight is 278 g/mol. The molecule has 0 fully saturated rings. The lowest BCUT2D eigenvalue weighted by Gasteiger charge is -2.17. The minimum absolute atomic E-state index is 0.573. The molecule has 1 atom stereocenters. The molecule has 0 bridgehead atoms. The molecule has 0 aliphatic rings. The minimum Gasteiger partial charge on any atom is -0.478 e. The van der Waals surface area contributed by atoms with Crippen LogP contribution in [-0.4, -0.2) is 11.1 Å². The number of ether oxygens (including phenoxy) is 1. The van der Waals surface area contributed by atoms with E-state index in [1.54, 1.807) is 30.3 Å². The van der Waals surface area contributed by atoms with Gasteiger partial charge in [-0.15, -0.1) is 0 Å². The Hall–Kier alpha value is -2.81.